The van der Waals surface area contributed by atoms with E-state index in [1.54, 1.807) is 22.7 Å². The second-order valence-electron chi connectivity index (χ2n) is 7.82. The Morgan fingerprint density at radius 2 is 1.68 bits per heavy atom. The van der Waals surface area contributed by atoms with Gasteiger partial charge in [-0.1, -0.05) is 12.1 Å². The largest absolute Gasteiger partial charge is 0.461 e. The molecule has 4 atom stereocenters. The summed E-state index contributed by atoms with van der Waals surface area (Å²) >= 11 is 3.25. The van der Waals surface area contributed by atoms with Crippen LogP contribution in [0.4, 0.5) is 0 Å². The molecule has 2 aromatic rings. The molecule has 4 unspecified atom stereocenters. The monoisotopic (exact) mass is 376 g/mol. The fraction of sp³-hybridized carbons (Fsp3) is 0.526. The molecule has 132 valence electrons. The van der Waals surface area contributed by atoms with Crippen molar-refractivity contribution >= 4 is 28.6 Å². The minimum Gasteiger partial charge on any atom is -0.461 e. The van der Waals surface area contributed by atoms with Gasteiger partial charge >= 0.3 is 5.97 Å². The zero-order valence-corrected chi connectivity index (χ0v) is 16.0. The standard InChI is InChI=1S/C19H22NO3S2/c1-20(2)12-9-11(10-13(20)18-17(12)23-18)22-19(21)16(14-5-3-7-24-14)15-6-4-8-25-15/h3-8,11-13,16-18H,9-10H2,1-2H3/q+1. The molecule has 3 fully saturated rings. The van der Waals surface area contributed by atoms with E-state index in [2.05, 4.69) is 14.1 Å². The van der Waals surface area contributed by atoms with E-state index in [1.165, 1.54) is 0 Å². The van der Waals surface area contributed by atoms with Crippen LogP contribution in [0.3, 0.4) is 0 Å². The molecule has 0 N–H and O–H groups in total. The van der Waals surface area contributed by atoms with Gasteiger partial charge in [0.25, 0.3) is 0 Å². The molecular formula is C19H22NO3S2+. The first-order valence-electron chi connectivity index (χ1n) is 8.82. The fourth-order valence-corrected chi connectivity index (χ4v) is 6.55. The highest BCUT2D eigenvalue weighted by molar-refractivity contribution is 7.11. The lowest BCUT2D eigenvalue weighted by molar-refractivity contribution is -0.938. The van der Waals surface area contributed by atoms with Crippen LogP contribution >= 0.6 is 22.7 Å². The van der Waals surface area contributed by atoms with Gasteiger partial charge in [0, 0.05) is 22.6 Å². The number of morpholine rings is 1. The number of ether oxygens (including phenoxy) is 2. The van der Waals surface area contributed by atoms with Crippen molar-refractivity contribution in [1.82, 2.24) is 0 Å². The number of likely N-dealkylation sites (N-methyl/N-ethyl adjacent to an activating group) is 1. The summed E-state index contributed by atoms with van der Waals surface area (Å²) in [5, 5.41) is 4.05. The average molecular weight is 377 g/mol. The van der Waals surface area contributed by atoms with Gasteiger partial charge in [-0.3, -0.25) is 4.79 Å². The number of thiophene rings is 2. The second kappa shape index (κ2) is 5.64. The summed E-state index contributed by atoms with van der Waals surface area (Å²) in [5.41, 5.74) is 0. The van der Waals surface area contributed by atoms with Crippen LogP contribution in [0, 0.1) is 0 Å². The van der Waals surface area contributed by atoms with Gasteiger partial charge in [-0.25, -0.2) is 0 Å². The highest BCUT2D eigenvalue weighted by atomic mass is 32.1. The quantitative estimate of drug-likeness (QED) is 0.467. The SMILES string of the molecule is C[N+]1(C)C2CC(OC(=O)C(c3cccs3)c3cccs3)CC1C1OC12. The second-order valence-corrected chi connectivity index (χ2v) is 9.78. The molecule has 0 aliphatic carbocycles. The zero-order valence-electron chi connectivity index (χ0n) is 14.3. The number of quaternary nitrogens is 1. The van der Waals surface area contributed by atoms with Crippen LogP contribution in [0.5, 0.6) is 0 Å². The van der Waals surface area contributed by atoms with Crippen LogP contribution in [0.2, 0.25) is 0 Å². The molecule has 3 aliphatic rings. The van der Waals surface area contributed by atoms with Crippen LogP contribution in [-0.4, -0.2) is 54.9 Å². The third-order valence-corrected chi connectivity index (χ3v) is 8.09. The van der Waals surface area contributed by atoms with E-state index in [9.17, 15) is 4.79 Å². The number of fused-ring (bicyclic) bond motifs is 5. The lowest BCUT2D eigenvalue weighted by Crippen LogP contribution is -2.60. The summed E-state index contributed by atoms with van der Waals surface area (Å²) in [5.74, 6) is -0.385. The molecule has 5 heterocycles. The number of piperidine rings is 1. The lowest BCUT2D eigenvalue weighted by atomic mass is 9.96. The summed E-state index contributed by atoms with van der Waals surface area (Å²) < 4.78 is 12.9. The fourth-order valence-electron chi connectivity index (χ4n) is 4.82. The van der Waals surface area contributed by atoms with Crippen molar-refractivity contribution < 1.29 is 18.8 Å². The Morgan fingerprint density at radius 3 is 2.16 bits per heavy atom. The van der Waals surface area contributed by atoms with Crippen molar-refractivity contribution in [2.45, 2.75) is 49.2 Å². The van der Waals surface area contributed by atoms with Crippen molar-refractivity contribution in [3.8, 4) is 0 Å². The molecular weight excluding hydrogens is 354 g/mol. The van der Waals surface area contributed by atoms with Gasteiger partial charge in [0.15, 0.2) is 0 Å². The number of hydrogen-bond donors (Lipinski definition) is 0. The number of carbonyl (C=O) groups excluding carboxylic acids is 1. The number of esters is 1. The summed E-state index contributed by atoms with van der Waals surface area (Å²) in [4.78, 5) is 15.2. The maximum atomic E-state index is 13.1. The molecule has 25 heavy (non-hydrogen) atoms. The van der Waals surface area contributed by atoms with Gasteiger partial charge in [-0.05, 0) is 22.9 Å². The minimum atomic E-state index is -0.284. The van der Waals surface area contributed by atoms with E-state index < -0.39 is 0 Å². The number of epoxide rings is 1. The van der Waals surface area contributed by atoms with Gasteiger partial charge in [0.05, 0.1) is 14.1 Å². The van der Waals surface area contributed by atoms with Crippen LogP contribution in [0.1, 0.15) is 28.5 Å². The Balaban J connectivity index is 1.35. The molecule has 0 spiro atoms. The van der Waals surface area contributed by atoms with Gasteiger partial charge in [0.2, 0.25) is 0 Å². The Bertz CT molecular complexity index is 716. The summed E-state index contributed by atoms with van der Waals surface area (Å²) in [6, 6.07) is 8.99. The average Bonchev–Trinajstić information content (AvgIpc) is 2.91. The Kier molecular flexibility index (Phi) is 3.61. The van der Waals surface area contributed by atoms with Crippen LogP contribution in [0.25, 0.3) is 0 Å². The summed E-state index contributed by atoms with van der Waals surface area (Å²) in [6.45, 7) is 0. The van der Waals surface area contributed by atoms with Gasteiger partial charge in [-0.2, -0.15) is 0 Å². The topological polar surface area (TPSA) is 38.8 Å². The lowest BCUT2D eigenvalue weighted by Gasteiger charge is -2.45. The molecule has 0 aromatic carbocycles. The molecule has 0 amide bonds. The van der Waals surface area contributed by atoms with E-state index in [1.807, 2.05) is 35.0 Å². The van der Waals surface area contributed by atoms with Crippen molar-refractivity contribution in [3.05, 3.63) is 44.8 Å². The van der Waals surface area contributed by atoms with Crippen LogP contribution in [-0.2, 0) is 14.3 Å². The maximum Gasteiger partial charge on any atom is 0.319 e. The van der Waals surface area contributed by atoms with E-state index in [0.29, 0.717) is 24.3 Å². The number of rotatable bonds is 4. The highest BCUT2D eigenvalue weighted by Crippen LogP contribution is 2.51. The molecule has 2 aromatic heterocycles. The smallest absolute Gasteiger partial charge is 0.319 e. The normalized spacial score (nSPS) is 34.8. The molecule has 5 rings (SSSR count). The molecule has 4 nitrogen and oxygen atoms in total. The molecule has 3 saturated heterocycles. The summed E-state index contributed by atoms with van der Waals surface area (Å²) in [7, 11) is 4.59. The number of carbonyl (C=O) groups is 1. The molecule has 0 radical (unpaired) electrons. The minimum absolute atomic E-state index is 0.0208. The Labute approximate surface area is 155 Å². The van der Waals surface area contributed by atoms with Crippen molar-refractivity contribution in [1.29, 1.82) is 0 Å². The predicted octanol–water partition coefficient (Wildman–Crippen LogP) is 3.24. The number of nitrogens with zero attached hydrogens (tertiary/aromatic N) is 1. The van der Waals surface area contributed by atoms with E-state index >= 15 is 0 Å². The maximum absolute atomic E-state index is 13.1. The Hall–Kier alpha value is -1.21. The Morgan fingerprint density at radius 1 is 1.12 bits per heavy atom. The zero-order chi connectivity index (χ0) is 17.2. The highest BCUT2D eigenvalue weighted by Gasteiger charge is 2.70. The number of hydrogen-bond acceptors (Lipinski definition) is 5. The van der Waals surface area contributed by atoms with E-state index in [0.717, 1.165) is 27.1 Å². The van der Waals surface area contributed by atoms with Gasteiger partial charge in [0.1, 0.15) is 36.3 Å². The summed E-state index contributed by atoms with van der Waals surface area (Å²) in [6.07, 6.45) is 2.62. The molecule has 0 saturated carbocycles. The van der Waals surface area contributed by atoms with E-state index in [4.69, 9.17) is 9.47 Å². The molecule has 6 heteroatoms. The van der Waals surface area contributed by atoms with Crippen molar-refractivity contribution in [3.63, 3.8) is 0 Å². The third kappa shape index (κ3) is 2.50. The van der Waals surface area contributed by atoms with Crippen molar-refractivity contribution in [2.75, 3.05) is 14.1 Å². The van der Waals surface area contributed by atoms with Crippen molar-refractivity contribution in [2.24, 2.45) is 0 Å². The van der Waals surface area contributed by atoms with E-state index in [-0.39, 0.29) is 18.0 Å². The van der Waals surface area contributed by atoms with Gasteiger partial charge < -0.3 is 14.0 Å². The first-order valence-corrected chi connectivity index (χ1v) is 10.6. The van der Waals surface area contributed by atoms with Gasteiger partial charge in [-0.15, -0.1) is 22.7 Å². The first-order chi connectivity index (χ1) is 12.1. The molecule has 2 bridgehead atoms. The van der Waals surface area contributed by atoms with Crippen LogP contribution < -0.4 is 0 Å². The predicted molar refractivity (Wildman–Crippen MR) is 97.9 cm³/mol. The first kappa shape index (κ1) is 16.0. The molecule has 3 aliphatic heterocycles. The third-order valence-electron chi connectivity index (χ3n) is 6.21. The van der Waals surface area contributed by atoms with Crippen LogP contribution in [0.15, 0.2) is 35.0 Å².